The van der Waals surface area contributed by atoms with Gasteiger partial charge in [0, 0.05) is 18.8 Å². The van der Waals surface area contributed by atoms with Gasteiger partial charge in [-0.05, 0) is 43.9 Å². The molecule has 0 saturated heterocycles. The number of nitrogens with one attached hydrogen (secondary N) is 2. The van der Waals surface area contributed by atoms with E-state index in [2.05, 4.69) is 10.6 Å². The molecule has 1 aliphatic rings. The minimum atomic E-state index is -4.45. The second-order valence-corrected chi connectivity index (χ2v) is 4.94. The maximum Gasteiger partial charge on any atom is 0.416 e. The van der Waals surface area contributed by atoms with E-state index in [0.717, 1.165) is 25.0 Å². The van der Waals surface area contributed by atoms with E-state index in [0.29, 0.717) is 24.7 Å². The molecule has 0 spiro atoms. The fraction of sp³-hybridized carbons (Fsp3) is 0.500. The van der Waals surface area contributed by atoms with Crippen molar-refractivity contribution >= 4 is 11.6 Å². The van der Waals surface area contributed by atoms with Gasteiger partial charge in [0.1, 0.15) is 0 Å². The Balaban J connectivity index is 2.22. The summed E-state index contributed by atoms with van der Waals surface area (Å²) in [5.74, 6) is 0.0197. The molecule has 0 unspecified atom stereocenters. The summed E-state index contributed by atoms with van der Waals surface area (Å²) in [4.78, 5) is 12.0. The van der Waals surface area contributed by atoms with Gasteiger partial charge in [-0.25, -0.2) is 0 Å². The molecule has 20 heavy (non-hydrogen) atoms. The maximum atomic E-state index is 12.7. The van der Waals surface area contributed by atoms with Crippen molar-refractivity contribution in [2.24, 2.45) is 5.92 Å². The molecule has 6 heteroatoms. The van der Waals surface area contributed by atoms with Crippen molar-refractivity contribution in [3.05, 3.63) is 29.3 Å². The number of carbonyl (C=O) groups excluding carboxylic acids is 1. The lowest BCUT2D eigenvalue weighted by Crippen LogP contribution is -2.27. The number of anilines is 1. The minimum absolute atomic E-state index is 0.0438. The summed E-state index contributed by atoms with van der Waals surface area (Å²) in [7, 11) is 0. The third-order valence-electron chi connectivity index (χ3n) is 3.21. The summed E-state index contributed by atoms with van der Waals surface area (Å²) >= 11 is 0. The Bertz CT molecular complexity index is 496. The monoisotopic (exact) mass is 286 g/mol. The van der Waals surface area contributed by atoms with Crippen molar-refractivity contribution in [2.45, 2.75) is 25.9 Å². The van der Waals surface area contributed by atoms with Gasteiger partial charge in [0.25, 0.3) is 5.91 Å². The highest BCUT2D eigenvalue weighted by Crippen LogP contribution is 2.32. The SMILES string of the molecule is CCNc1ccc(C(F)(F)F)cc1C(=O)NCC1CC1. The highest BCUT2D eigenvalue weighted by atomic mass is 19.4. The van der Waals surface area contributed by atoms with Crippen molar-refractivity contribution in [1.29, 1.82) is 0 Å². The molecule has 1 amide bonds. The normalized spacial score (nSPS) is 15.0. The van der Waals surface area contributed by atoms with Crippen molar-refractivity contribution in [2.75, 3.05) is 18.4 Å². The maximum absolute atomic E-state index is 12.7. The Morgan fingerprint density at radius 2 is 2.05 bits per heavy atom. The molecule has 2 rings (SSSR count). The molecule has 0 atom stereocenters. The number of carbonyl (C=O) groups is 1. The zero-order valence-electron chi connectivity index (χ0n) is 11.2. The smallest absolute Gasteiger partial charge is 0.385 e. The van der Waals surface area contributed by atoms with E-state index in [4.69, 9.17) is 0 Å². The summed E-state index contributed by atoms with van der Waals surface area (Å²) in [5, 5.41) is 5.60. The van der Waals surface area contributed by atoms with E-state index in [9.17, 15) is 18.0 Å². The van der Waals surface area contributed by atoms with Gasteiger partial charge in [-0.1, -0.05) is 0 Å². The summed E-state index contributed by atoms with van der Waals surface area (Å²) in [6.07, 6.45) is -2.30. The van der Waals surface area contributed by atoms with Crippen LogP contribution in [-0.4, -0.2) is 19.0 Å². The van der Waals surface area contributed by atoms with Crippen LogP contribution in [0.1, 0.15) is 35.7 Å². The highest BCUT2D eigenvalue weighted by Gasteiger charge is 2.32. The molecule has 0 bridgehead atoms. The van der Waals surface area contributed by atoms with Gasteiger partial charge < -0.3 is 10.6 Å². The molecule has 0 heterocycles. The standard InChI is InChI=1S/C14H17F3N2O/c1-2-18-12-6-5-10(14(15,16)17)7-11(12)13(20)19-8-9-3-4-9/h5-7,9,18H,2-4,8H2,1H3,(H,19,20). The van der Waals surface area contributed by atoms with Crippen LogP contribution in [0.4, 0.5) is 18.9 Å². The van der Waals surface area contributed by atoms with Crippen molar-refractivity contribution < 1.29 is 18.0 Å². The van der Waals surface area contributed by atoms with Gasteiger partial charge in [0.2, 0.25) is 0 Å². The fourth-order valence-corrected chi connectivity index (χ4v) is 1.91. The first kappa shape index (κ1) is 14.7. The van der Waals surface area contributed by atoms with E-state index in [1.807, 2.05) is 6.92 Å². The van der Waals surface area contributed by atoms with Crippen LogP contribution in [0.2, 0.25) is 0 Å². The summed E-state index contributed by atoms with van der Waals surface area (Å²) in [6, 6.07) is 3.19. The summed E-state index contributed by atoms with van der Waals surface area (Å²) < 4.78 is 38.2. The molecule has 3 nitrogen and oxygen atoms in total. The van der Waals surface area contributed by atoms with Gasteiger partial charge in [-0.3, -0.25) is 4.79 Å². The fourth-order valence-electron chi connectivity index (χ4n) is 1.91. The van der Waals surface area contributed by atoms with Crippen LogP contribution in [0.5, 0.6) is 0 Å². The van der Waals surface area contributed by atoms with Crippen LogP contribution in [0.25, 0.3) is 0 Å². The molecule has 0 aromatic heterocycles. The molecule has 2 N–H and O–H groups in total. The van der Waals surface area contributed by atoms with E-state index < -0.39 is 17.6 Å². The minimum Gasteiger partial charge on any atom is -0.385 e. The Morgan fingerprint density at radius 3 is 2.60 bits per heavy atom. The molecular weight excluding hydrogens is 269 g/mol. The third kappa shape index (κ3) is 3.65. The first-order chi connectivity index (χ1) is 9.41. The van der Waals surface area contributed by atoms with Crippen molar-refractivity contribution in [1.82, 2.24) is 5.32 Å². The number of hydrogen-bond acceptors (Lipinski definition) is 2. The van der Waals surface area contributed by atoms with Crippen LogP contribution >= 0.6 is 0 Å². The molecule has 1 aromatic carbocycles. The average Bonchev–Trinajstić information content (AvgIpc) is 3.19. The highest BCUT2D eigenvalue weighted by molar-refractivity contribution is 5.99. The molecule has 1 aromatic rings. The topological polar surface area (TPSA) is 41.1 Å². The number of benzene rings is 1. The number of alkyl halides is 3. The molecule has 0 aliphatic heterocycles. The van der Waals surface area contributed by atoms with Gasteiger partial charge in [0.15, 0.2) is 0 Å². The first-order valence-corrected chi connectivity index (χ1v) is 6.65. The largest absolute Gasteiger partial charge is 0.416 e. The van der Waals surface area contributed by atoms with Gasteiger partial charge in [0.05, 0.1) is 11.1 Å². The van der Waals surface area contributed by atoms with Crippen LogP contribution < -0.4 is 10.6 Å². The number of rotatable bonds is 5. The van der Waals surface area contributed by atoms with E-state index >= 15 is 0 Å². The second-order valence-electron chi connectivity index (χ2n) is 4.94. The number of amides is 1. The molecule has 1 aliphatic carbocycles. The first-order valence-electron chi connectivity index (χ1n) is 6.65. The van der Waals surface area contributed by atoms with Gasteiger partial charge in [-0.15, -0.1) is 0 Å². The number of hydrogen-bond donors (Lipinski definition) is 2. The Morgan fingerprint density at radius 1 is 1.35 bits per heavy atom. The van der Waals surface area contributed by atoms with Crippen molar-refractivity contribution in [3.63, 3.8) is 0 Å². The molecule has 1 saturated carbocycles. The molecule has 1 fully saturated rings. The van der Waals surface area contributed by atoms with E-state index in [1.165, 1.54) is 6.07 Å². The zero-order valence-corrected chi connectivity index (χ0v) is 11.2. The summed E-state index contributed by atoms with van der Waals surface area (Å²) in [6.45, 7) is 2.89. The van der Waals surface area contributed by atoms with Crippen LogP contribution in [0.15, 0.2) is 18.2 Å². The van der Waals surface area contributed by atoms with Crippen LogP contribution in [0, 0.1) is 5.92 Å². The molecule has 110 valence electrons. The van der Waals surface area contributed by atoms with Crippen molar-refractivity contribution in [3.8, 4) is 0 Å². The third-order valence-corrected chi connectivity index (χ3v) is 3.21. The molecular formula is C14H17F3N2O. The Labute approximate surface area is 115 Å². The number of halogens is 3. The average molecular weight is 286 g/mol. The van der Waals surface area contributed by atoms with Crippen LogP contribution in [0.3, 0.4) is 0 Å². The van der Waals surface area contributed by atoms with Crippen LogP contribution in [-0.2, 0) is 6.18 Å². The summed E-state index contributed by atoms with van der Waals surface area (Å²) in [5.41, 5.74) is -0.341. The Hall–Kier alpha value is -1.72. The lowest BCUT2D eigenvalue weighted by molar-refractivity contribution is -0.137. The lowest BCUT2D eigenvalue weighted by atomic mass is 10.1. The molecule has 0 radical (unpaired) electrons. The Kier molecular flexibility index (Phi) is 4.20. The second kappa shape index (κ2) is 5.73. The quantitative estimate of drug-likeness (QED) is 0.872. The van der Waals surface area contributed by atoms with E-state index in [1.54, 1.807) is 0 Å². The zero-order chi connectivity index (χ0) is 14.8. The predicted molar refractivity (Wildman–Crippen MR) is 70.7 cm³/mol. The van der Waals surface area contributed by atoms with E-state index in [-0.39, 0.29) is 5.56 Å². The lowest BCUT2D eigenvalue weighted by Gasteiger charge is -2.14. The van der Waals surface area contributed by atoms with Gasteiger partial charge >= 0.3 is 6.18 Å². The van der Waals surface area contributed by atoms with Gasteiger partial charge in [-0.2, -0.15) is 13.2 Å². The predicted octanol–water partition coefficient (Wildman–Crippen LogP) is 3.28.